The van der Waals surface area contributed by atoms with Crippen molar-refractivity contribution in [2.45, 2.75) is 25.3 Å². The number of fused-ring (bicyclic) bond motifs is 3. The number of nitrogens with one attached hydrogen (secondary N) is 1. The van der Waals surface area contributed by atoms with Crippen molar-refractivity contribution in [3.63, 3.8) is 0 Å². The number of ketones is 1. The molecule has 1 aliphatic heterocycles. The molecule has 2 aromatic carbocycles. The smallest absolute Gasteiger partial charge is 0.269 e. The zero-order chi connectivity index (χ0) is 17.6. The van der Waals surface area contributed by atoms with Gasteiger partial charge in [-0.2, -0.15) is 0 Å². The molecule has 25 heavy (non-hydrogen) atoms. The third-order valence-electron chi connectivity index (χ3n) is 5.23. The summed E-state index contributed by atoms with van der Waals surface area (Å²) in [6, 6.07) is 12.7. The normalized spacial score (nSPS) is 23.5. The third-order valence-corrected chi connectivity index (χ3v) is 5.23. The number of nitrogens with zero attached hydrogens (tertiary/aromatic N) is 1. The van der Waals surface area contributed by atoms with Crippen molar-refractivity contribution in [3.8, 4) is 0 Å². The van der Waals surface area contributed by atoms with E-state index in [1.165, 1.54) is 0 Å². The fourth-order valence-corrected chi connectivity index (χ4v) is 3.95. The lowest BCUT2D eigenvalue weighted by Gasteiger charge is -2.37. The average molecular weight is 334 g/mol. The molecule has 2 aromatic rings. The summed E-state index contributed by atoms with van der Waals surface area (Å²) in [5.41, 5.74) is 4.07. The Morgan fingerprint density at radius 1 is 1.20 bits per heavy atom. The number of nitro benzene ring substituents is 1. The van der Waals surface area contributed by atoms with Crippen LogP contribution in [0.1, 0.15) is 46.8 Å². The van der Waals surface area contributed by atoms with Crippen LogP contribution in [0.4, 0.5) is 11.4 Å². The van der Waals surface area contributed by atoms with E-state index >= 15 is 0 Å². The van der Waals surface area contributed by atoms with Crippen LogP contribution in [0, 0.1) is 16.0 Å². The number of Topliss-reactive ketones (excluding diaryl/α,β-unsaturated/α-hetero) is 1. The van der Waals surface area contributed by atoms with E-state index in [1.54, 1.807) is 19.1 Å². The molecule has 1 aliphatic carbocycles. The lowest BCUT2D eigenvalue weighted by molar-refractivity contribution is -0.384. The van der Waals surface area contributed by atoms with Crippen molar-refractivity contribution in [1.82, 2.24) is 0 Å². The van der Waals surface area contributed by atoms with Crippen LogP contribution in [0.2, 0.25) is 0 Å². The molecule has 0 aromatic heterocycles. The van der Waals surface area contributed by atoms with Gasteiger partial charge in [-0.05, 0) is 48.6 Å². The summed E-state index contributed by atoms with van der Waals surface area (Å²) in [7, 11) is 0. The van der Waals surface area contributed by atoms with Gasteiger partial charge in [-0.3, -0.25) is 14.9 Å². The minimum absolute atomic E-state index is 0.0684. The van der Waals surface area contributed by atoms with Crippen LogP contribution in [-0.2, 0) is 0 Å². The van der Waals surface area contributed by atoms with E-state index in [0.717, 1.165) is 28.8 Å². The topological polar surface area (TPSA) is 72.2 Å². The zero-order valence-corrected chi connectivity index (χ0v) is 13.8. The summed E-state index contributed by atoms with van der Waals surface area (Å²) < 4.78 is 0. The third kappa shape index (κ3) is 2.61. The van der Waals surface area contributed by atoms with Gasteiger partial charge in [-0.1, -0.05) is 24.3 Å². The molecule has 4 rings (SSSR count). The lowest BCUT2D eigenvalue weighted by Crippen LogP contribution is -2.29. The van der Waals surface area contributed by atoms with Gasteiger partial charge in [0, 0.05) is 29.3 Å². The molecule has 0 spiro atoms. The van der Waals surface area contributed by atoms with E-state index in [-0.39, 0.29) is 28.4 Å². The predicted molar refractivity (Wildman–Crippen MR) is 95.9 cm³/mol. The highest BCUT2D eigenvalue weighted by molar-refractivity contribution is 5.95. The van der Waals surface area contributed by atoms with E-state index in [0.29, 0.717) is 5.92 Å². The minimum atomic E-state index is -0.378. The van der Waals surface area contributed by atoms with Crippen LogP contribution in [-0.4, -0.2) is 10.7 Å². The number of benzene rings is 2. The number of carbonyl (C=O) groups excluding carboxylic acids is 1. The Hall–Kier alpha value is -2.95. The van der Waals surface area contributed by atoms with Gasteiger partial charge >= 0.3 is 0 Å². The van der Waals surface area contributed by atoms with Crippen LogP contribution in [0.15, 0.2) is 54.6 Å². The number of allylic oxidation sites excluding steroid dienone is 2. The van der Waals surface area contributed by atoms with Gasteiger partial charge in [-0.25, -0.2) is 0 Å². The molecule has 0 unspecified atom stereocenters. The fraction of sp³-hybridized carbons (Fsp3) is 0.250. The van der Waals surface area contributed by atoms with Gasteiger partial charge in [0.15, 0.2) is 5.78 Å². The standard InChI is InChI=1S/C20H18N2O3/c1-12(23)14-7-10-19-18(11-14)16-3-2-4-17(16)20(21-19)13-5-8-15(9-6-13)22(24)25/h2-3,5-11,16-17,20-21H,4H2,1H3/t16-,17-,20-/m0/s1. The number of rotatable bonds is 3. The predicted octanol–water partition coefficient (Wildman–Crippen LogP) is 4.62. The Morgan fingerprint density at radius 2 is 1.96 bits per heavy atom. The molecule has 0 fully saturated rings. The fourth-order valence-electron chi connectivity index (χ4n) is 3.95. The first kappa shape index (κ1) is 15.6. The number of hydrogen-bond acceptors (Lipinski definition) is 4. The van der Waals surface area contributed by atoms with E-state index in [4.69, 9.17) is 0 Å². The summed E-state index contributed by atoms with van der Waals surface area (Å²) >= 11 is 0. The molecule has 0 amide bonds. The maximum absolute atomic E-state index is 11.7. The maximum Gasteiger partial charge on any atom is 0.269 e. The minimum Gasteiger partial charge on any atom is -0.378 e. The highest BCUT2D eigenvalue weighted by Crippen LogP contribution is 2.50. The Morgan fingerprint density at radius 3 is 2.64 bits per heavy atom. The summed E-state index contributed by atoms with van der Waals surface area (Å²) in [5.74, 6) is 0.672. The average Bonchev–Trinajstić information content (AvgIpc) is 3.10. The number of anilines is 1. The first-order valence-electron chi connectivity index (χ1n) is 8.37. The quantitative estimate of drug-likeness (QED) is 0.385. The van der Waals surface area contributed by atoms with E-state index in [2.05, 4.69) is 17.5 Å². The molecule has 0 saturated carbocycles. The molecule has 126 valence electrons. The van der Waals surface area contributed by atoms with Gasteiger partial charge < -0.3 is 5.32 Å². The molecule has 5 heteroatoms. The molecule has 3 atom stereocenters. The van der Waals surface area contributed by atoms with Crippen LogP contribution < -0.4 is 5.32 Å². The second kappa shape index (κ2) is 5.84. The van der Waals surface area contributed by atoms with Gasteiger partial charge in [0.1, 0.15) is 0 Å². The Bertz CT molecular complexity index is 886. The lowest BCUT2D eigenvalue weighted by atomic mass is 9.76. The van der Waals surface area contributed by atoms with Gasteiger partial charge in [0.05, 0.1) is 11.0 Å². The second-order valence-corrected chi connectivity index (χ2v) is 6.68. The molecule has 1 N–H and O–H groups in total. The molecule has 1 heterocycles. The number of non-ortho nitro benzene ring substituents is 1. The molecule has 0 saturated heterocycles. The zero-order valence-electron chi connectivity index (χ0n) is 13.8. The Kier molecular flexibility index (Phi) is 3.64. The first-order chi connectivity index (χ1) is 12.0. The van der Waals surface area contributed by atoms with Crippen molar-refractivity contribution in [3.05, 3.63) is 81.4 Å². The summed E-state index contributed by atoms with van der Waals surface area (Å²) in [5, 5.41) is 14.5. The van der Waals surface area contributed by atoms with Crippen molar-refractivity contribution >= 4 is 17.2 Å². The van der Waals surface area contributed by atoms with Gasteiger partial charge in [0.2, 0.25) is 0 Å². The van der Waals surface area contributed by atoms with Crippen molar-refractivity contribution < 1.29 is 9.72 Å². The molecule has 0 bridgehead atoms. The highest BCUT2D eigenvalue weighted by atomic mass is 16.6. The molecular weight excluding hydrogens is 316 g/mol. The van der Waals surface area contributed by atoms with Crippen molar-refractivity contribution in [1.29, 1.82) is 0 Å². The second-order valence-electron chi connectivity index (χ2n) is 6.68. The monoisotopic (exact) mass is 334 g/mol. The van der Waals surface area contributed by atoms with Crippen LogP contribution in [0.25, 0.3) is 0 Å². The van der Waals surface area contributed by atoms with E-state index in [1.807, 2.05) is 30.3 Å². The SMILES string of the molecule is CC(=O)c1ccc2c(c1)[C@H]1C=CC[C@@H]1[C@H](c1ccc([N+](=O)[O-])cc1)N2. The van der Waals surface area contributed by atoms with Gasteiger partial charge in [-0.15, -0.1) is 0 Å². The van der Waals surface area contributed by atoms with Crippen LogP contribution in [0.3, 0.4) is 0 Å². The molecule has 2 aliphatic rings. The largest absolute Gasteiger partial charge is 0.378 e. The van der Waals surface area contributed by atoms with Crippen LogP contribution in [0.5, 0.6) is 0 Å². The molecule has 5 nitrogen and oxygen atoms in total. The number of hydrogen-bond donors (Lipinski definition) is 1. The summed E-state index contributed by atoms with van der Waals surface area (Å²) in [4.78, 5) is 22.2. The van der Waals surface area contributed by atoms with E-state index in [9.17, 15) is 14.9 Å². The summed E-state index contributed by atoms with van der Waals surface area (Å²) in [6.45, 7) is 1.58. The Labute approximate surface area is 145 Å². The first-order valence-corrected chi connectivity index (χ1v) is 8.37. The van der Waals surface area contributed by atoms with Crippen LogP contribution >= 0.6 is 0 Å². The molecular formula is C20H18N2O3. The highest BCUT2D eigenvalue weighted by Gasteiger charge is 2.38. The van der Waals surface area contributed by atoms with Gasteiger partial charge in [0.25, 0.3) is 5.69 Å². The van der Waals surface area contributed by atoms with Crippen molar-refractivity contribution in [2.24, 2.45) is 5.92 Å². The summed E-state index contributed by atoms with van der Waals surface area (Å²) in [6.07, 6.45) is 5.35. The number of carbonyl (C=O) groups is 1. The molecule has 0 radical (unpaired) electrons. The van der Waals surface area contributed by atoms with E-state index < -0.39 is 0 Å². The maximum atomic E-state index is 11.7. The number of nitro groups is 1. The van der Waals surface area contributed by atoms with Crippen molar-refractivity contribution in [2.75, 3.05) is 5.32 Å². The Balaban J connectivity index is 1.72.